The van der Waals surface area contributed by atoms with Gasteiger partial charge in [-0.3, -0.25) is 4.79 Å². The minimum absolute atomic E-state index is 0.0889. The number of rotatable bonds is 7. The Hall–Kier alpha value is -2.68. The molecule has 27 heavy (non-hydrogen) atoms. The second-order valence-electron chi connectivity index (χ2n) is 5.77. The Bertz CT molecular complexity index is 959. The van der Waals surface area contributed by atoms with Crippen LogP contribution in [0.2, 0.25) is 0 Å². The van der Waals surface area contributed by atoms with Crippen molar-refractivity contribution in [2.24, 2.45) is 0 Å². The van der Waals surface area contributed by atoms with Crippen molar-refractivity contribution in [3.8, 4) is 5.75 Å². The van der Waals surface area contributed by atoms with Crippen molar-refractivity contribution >= 4 is 23.5 Å². The van der Waals surface area contributed by atoms with E-state index in [4.69, 9.17) is 9.47 Å². The van der Waals surface area contributed by atoms with Gasteiger partial charge in [-0.1, -0.05) is 11.8 Å². The molecule has 0 spiro atoms. The summed E-state index contributed by atoms with van der Waals surface area (Å²) in [4.78, 5) is 20.9. The minimum atomic E-state index is -0.379. The normalized spacial score (nSPS) is 11.0. The SMILES string of the molecule is CSc1nc2nc(C)c(CC(=O)OCCOc3ccc(F)cc3)c(C)n2n1. The van der Waals surface area contributed by atoms with Crippen LogP contribution in [0, 0.1) is 19.7 Å². The molecule has 0 N–H and O–H groups in total. The van der Waals surface area contributed by atoms with Crippen molar-refractivity contribution < 1.29 is 18.7 Å². The highest BCUT2D eigenvalue weighted by molar-refractivity contribution is 7.98. The summed E-state index contributed by atoms with van der Waals surface area (Å²) in [5.74, 6) is 0.320. The van der Waals surface area contributed by atoms with Crippen LogP contribution in [0.4, 0.5) is 4.39 Å². The molecule has 0 aliphatic heterocycles. The summed E-state index contributed by atoms with van der Waals surface area (Å²) < 4.78 is 25.1. The molecule has 7 nitrogen and oxygen atoms in total. The molecule has 0 unspecified atom stereocenters. The van der Waals surface area contributed by atoms with E-state index < -0.39 is 0 Å². The molecule has 0 saturated heterocycles. The van der Waals surface area contributed by atoms with Crippen LogP contribution in [0.3, 0.4) is 0 Å². The molecule has 0 atom stereocenters. The Kier molecular flexibility index (Phi) is 5.90. The summed E-state index contributed by atoms with van der Waals surface area (Å²) in [6.45, 7) is 4.00. The Balaban J connectivity index is 1.58. The molecule has 0 amide bonds. The highest BCUT2D eigenvalue weighted by Crippen LogP contribution is 2.17. The highest BCUT2D eigenvalue weighted by Gasteiger charge is 2.16. The van der Waals surface area contributed by atoms with Gasteiger partial charge in [0.1, 0.15) is 24.8 Å². The fraction of sp³-hybridized carbons (Fsp3) is 0.333. The molecule has 0 aliphatic rings. The van der Waals surface area contributed by atoms with Crippen molar-refractivity contribution in [3.63, 3.8) is 0 Å². The molecule has 0 radical (unpaired) electrons. The summed E-state index contributed by atoms with van der Waals surface area (Å²) in [6.07, 6.45) is 1.98. The van der Waals surface area contributed by atoms with E-state index in [-0.39, 0.29) is 31.4 Å². The summed E-state index contributed by atoms with van der Waals surface area (Å²) in [6, 6.07) is 5.66. The molecule has 0 fully saturated rings. The van der Waals surface area contributed by atoms with Gasteiger partial charge in [0.05, 0.1) is 6.42 Å². The summed E-state index contributed by atoms with van der Waals surface area (Å²) >= 11 is 1.43. The van der Waals surface area contributed by atoms with Crippen LogP contribution in [0.1, 0.15) is 17.0 Å². The first-order valence-corrected chi connectivity index (χ1v) is 9.51. The standard InChI is InChI=1S/C18H19FN4O3S/c1-11-15(12(2)23-17(20-11)21-18(22-23)27-3)10-16(24)26-9-8-25-14-6-4-13(19)5-7-14/h4-7H,8-10H2,1-3H3. The number of ether oxygens (including phenoxy) is 2. The van der Waals surface area contributed by atoms with E-state index in [1.807, 2.05) is 20.1 Å². The lowest BCUT2D eigenvalue weighted by molar-refractivity contribution is -0.143. The number of halogens is 1. The van der Waals surface area contributed by atoms with Crippen LogP contribution in [0.15, 0.2) is 29.4 Å². The summed E-state index contributed by atoms with van der Waals surface area (Å²) in [5.41, 5.74) is 2.30. The minimum Gasteiger partial charge on any atom is -0.490 e. The van der Waals surface area contributed by atoms with Gasteiger partial charge in [0.15, 0.2) is 0 Å². The number of thioether (sulfide) groups is 1. The van der Waals surface area contributed by atoms with E-state index in [1.54, 1.807) is 4.52 Å². The quantitative estimate of drug-likeness (QED) is 0.349. The smallest absolute Gasteiger partial charge is 0.310 e. The van der Waals surface area contributed by atoms with Gasteiger partial charge in [0.25, 0.3) is 5.78 Å². The zero-order valence-electron chi connectivity index (χ0n) is 15.2. The van der Waals surface area contributed by atoms with Crippen LogP contribution < -0.4 is 4.74 Å². The van der Waals surface area contributed by atoms with E-state index in [1.165, 1.54) is 36.0 Å². The number of aryl methyl sites for hydroxylation is 2. The molecular formula is C18H19FN4O3S. The monoisotopic (exact) mass is 390 g/mol. The largest absolute Gasteiger partial charge is 0.490 e. The van der Waals surface area contributed by atoms with E-state index >= 15 is 0 Å². The van der Waals surface area contributed by atoms with Crippen LogP contribution in [0.5, 0.6) is 5.75 Å². The number of esters is 1. The predicted octanol–water partition coefficient (Wildman–Crippen LogP) is 2.77. The van der Waals surface area contributed by atoms with E-state index in [2.05, 4.69) is 15.1 Å². The number of benzene rings is 1. The predicted molar refractivity (Wildman–Crippen MR) is 98.6 cm³/mol. The topological polar surface area (TPSA) is 78.6 Å². The van der Waals surface area contributed by atoms with Gasteiger partial charge in [-0.15, -0.1) is 5.10 Å². The first-order chi connectivity index (χ1) is 13.0. The number of hydrogen-bond donors (Lipinski definition) is 0. The maximum atomic E-state index is 12.8. The van der Waals surface area contributed by atoms with E-state index in [0.29, 0.717) is 16.7 Å². The molecule has 1 aromatic carbocycles. The number of nitrogens with zero attached hydrogens (tertiary/aromatic N) is 4. The van der Waals surface area contributed by atoms with Crippen LogP contribution >= 0.6 is 11.8 Å². The second-order valence-corrected chi connectivity index (χ2v) is 6.54. The number of carbonyl (C=O) groups excluding carboxylic acids is 1. The van der Waals surface area contributed by atoms with Gasteiger partial charge < -0.3 is 9.47 Å². The summed E-state index contributed by atoms with van der Waals surface area (Å²) in [7, 11) is 0. The fourth-order valence-electron chi connectivity index (χ4n) is 2.57. The van der Waals surface area contributed by atoms with Gasteiger partial charge in [-0.2, -0.15) is 4.98 Å². The Morgan fingerprint density at radius 1 is 1.19 bits per heavy atom. The maximum absolute atomic E-state index is 12.8. The van der Waals surface area contributed by atoms with E-state index in [0.717, 1.165) is 17.0 Å². The zero-order chi connectivity index (χ0) is 19.4. The van der Waals surface area contributed by atoms with E-state index in [9.17, 15) is 9.18 Å². The molecule has 2 heterocycles. The Morgan fingerprint density at radius 2 is 1.93 bits per heavy atom. The molecule has 2 aromatic heterocycles. The van der Waals surface area contributed by atoms with Gasteiger partial charge in [-0.25, -0.2) is 13.9 Å². The maximum Gasteiger partial charge on any atom is 0.310 e. The van der Waals surface area contributed by atoms with Crippen molar-refractivity contribution in [2.45, 2.75) is 25.4 Å². The molecule has 3 aromatic rings. The van der Waals surface area contributed by atoms with Crippen LogP contribution in [-0.4, -0.2) is 45.0 Å². The molecule has 0 bridgehead atoms. The van der Waals surface area contributed by atoms with Crippen molar-refractivity contribution in [1.82, 2.24) is 19.6 Å². The molecule has 0 aliphatic carbocycles. The average Bonchev–Trinajstić information content (AvgIpc) is 3.07. The Labute approximate surface area is 159 Å². The lowest BCUT2D eigenvalue weighted by Gasteiger charge is -2.11. The molecule has 3 rings (SSSR count). The van der Waals surface area contributed by atoms with Gasteiger partial charge in [-0.05, 0) is 44.4 Å². The van der Waals surface area contributed by atoms with Crippen molar-refractivity contribution in [3.05, 3.63) is 47.0 Å². The first kappa shape index (κ1) is 19.1. The third-order valence-electron chi connectivity index (χ3n) is 3.96. The molecule has 0 saturated carbocycles. The van der Waals surface area contributed by atoms with Gasteiger partial charge in [0, 0.05) is 17.0 Å². The first-order valence-electron chi connectivity index (χ1n) is 8.28. The zero-order valence-corrected chi connectivity index (χ0v) is 16.0. The van der Waals surface area contributed by atoms with Crippen LogP contribution in [0.25, 0.3) is 5.78 Å². The van der Waals surface area contributed by atoms with Gasteiger partial charge >= 0.3 is 5.97 Å². The second kappa shape index (κ2) is 8.34. The average molecular weight is 390 g/mol. The third-order valence-corrected chi connectivity index (χ3v) is 4.50. The lowest BCUT2D eigenvalue weighted by Crippen LogP contribution is -2.16. The fourth-order valence-corrected chi connectivity index (χ4v) is 2.91. The van der Waals surface area contributed by atoms with Crippen molar-refractivity contribution in [1.29, 1.82) is 0 Å². The number of hydrogen-bond acceptors (Lipinski definition) is 7. The highest BCUT2D eigenvalue weighted by atomic mass is 32.2. The Morgan fingerprint density at radius 3 is 2.63 bits per heavy atom. The summed E-state index contributed by atoms with van der Waals surface area (Å²) in [5, 5.41) is 4.99. The lowest BCUT2D eigenvalue weighted by atomic mass is 10.1. The van der Waals surface area contributed by atoms with Crippen LogP contribution in [-0.2, 0) is 16.0 Å². The number of fused-ring (bicyclic) bond motifs is 1. The van der Waals surface area contributed by atoms with Gasteiger partial charge in [0.2, 0.25) is 5.16 Å². The van der Waals surface area contributed by atoms with Crippen molar-refractivity contribution in [2.75, 3.05) is 19.5 Å². The number of carbonyl (C=O) groups is 1. The third kappa shape index (κ3) is 4.54. The molecular weight excluding hydrogens is 371 g/mol. The number of aromatic nitrogens is 4. The molecule has 142 valence electrons. The molecule has 9 heteroatoms.